The van der Waals surface area contributed by atoms with Crippen LogP contribution < -0.4 is 10.2 Å². The summed E-state index contributed by atoms with van der Waals surface area (Å²) in [4.78, 5) is 11.3. The van der Waals surface area contributed by atoms with Gasteiger partial charge < -0.3 is 10.2 Å². The van der Waals surface area contributed by atoms with Gasteiger partial charge in [-0.15, -0.1) is 0 Å². The number of halogens is 1. The van der Waals surface area contributed by atoms with Crippen molar-refractivity contribution in [2.45, 2.75) is 31.7 Å². The third kappa shape index (κ3) is 3.33. The molecule has 4 nitrogen and oxygen atoms in total. The highest BCUT2D eigenvalue weighted by Crippen LogP contribution is 2.24. The number of fused-ring (bicyclic) bond motifs is 1. The Morgan fingerprint density at radius 3 is 2.71 bits per heavy atom. The molecule has 28 heavy (non-hydrogen) atoms. The maximum atomic E-state index is 13.8. The molecule has 142 valence electrons. The third-order valence-corrected chi connectivity index (χ3v) is 5.65. The highest BCUT2D eigenvalue weighted by Gasteiger charge is 2.19. The van der Waals surface area contributed by atoms with Crippen molar-refractivity contribution in [3.63, 3.8) is 0 Å². The van der Waals surface area contributed by atoms with E-state index < -0.39 is 0 Å². The minimum atomic E-state index is -0.333. The van der Waals surface area contributed by atoms with Crippen LogP contribution in [0, 0.1) is 5.82 Å². The van der Waals surface area contributed by atoms with Crippen molar-refractivity contribution in [2.24, 2.45) is 0 Å². The Morgan fingerprint density at radius 2 is 1.89 bits per heavy atom. The number of hydrogen-bond acceptors (Lipinski definition) is 4. The SMILES string of the molecule is Fc1cccc2nc(C3=CCC(Cc4ccc(N5CCCC5)cc4)N3)cnc12. The average Bonchev–Trinajstić information content (AvgIpc) is 3.41. The molecule has 0 bridgehead atoms. The van der Waals surface area contributed by atoms with Gasteiger partial charge in [0.15, 0.2) is 5.82 Å². The van der Waals surface area contributed by atoms with Gasteiger partial charge in [-0.3, -0.25) is 0 Å². The van der Waals surface area contributed by atoms with Crippen LogP contribution in [0.5, 0.6) is 0 Å². The summed E-state index contributed by atoms with van der Waals surface area (Å²) >= 11 is 0. The molecule has 0 radical (unpaired) electrons. The summed E-state index contributed by atoms with van der Waals surface area (Å²) in [7, 11) is 0. The van der Waals surface area contributed by atoms with E-state index in [1.165, 1.54) is 43.2 Å². The fourth-order valence-electron chi connectivity index (χ4n) is 4.15. The second-order valence-corrected chi connectivity index (χ2v) is 7.62. The maximum Gasteiger partial charge on any atom is 0.151 e. The fourth-order valence-corrected chi connectivity index (χ4v) is 4.15. The van der Waals surface area contributed by atoms with Gasteiger partial charge in [0.2, 0.25) is 0 Å². The number of rotatable bonds is 4. The first-order valence-electron chi connectivity index (χ1n) is 9.98. The molecule has 5 heteroatoms. The molecule has 2 aromatic carbocycles. The molecule has 0 saturated carbocycles. The molecule has 1 N–H and O–H groups in total. The van der Waals surface area contributed by atoms with Crippen molar-refractivity contribution >= 4 is 22.4 Å². The van der Waals surface area contributed by atoms with Crippen LogP contribution >= 0.6 is 0 Å². The van der Waals surface area contributed by atoms with Crippen LogP contribution in [0.4, 0.5) is 10.1 Å². The Bertz CT molecular complexity index is 1020. The number of aromatic nitrogens is 2. The fraction of sp³-hybridized carbons (Fsp3) is 0.304. The second kappa shape index (κ2) is 7.23. The maximum absolute atomic E-state index is 13.8. The number of anilines is 1. The summed E-state index contributed by atoms with van der Waals surface area (Å²) < 4.78 is 13.8. The first-order valence-corrected chi connectivity index (χ1v) is 9.98. The molecule has 3 aromatic rings. The lowest BCUT2D eigenvalue weighted by molar-refractivity contribution is 0.629. The van der Waals surface area contributed by atoms with Crippen molar-refractivity contribution in [3.05, 3.63) is 71.8 Å². The molecule has 2 aliphatic rings. The van der Waals surface area contributed by atoms with Crippen LogP contribution in [0.25, 0.3) is 16.7 Å². The predicted octanol–water partition coefficient (Wildman–Crippen LogP) is 4.31. The third-order valence-electron chi connectivity index (χ3n) is 5.65. The van der Waals surface area contributed by atoms with Crippen molar-refractivity contribution in [1.82, 2.24) is 15.3 Å². The molecule has 2 aliphatic heterocycles. The van der Waals surface area contributed by atoms with E-state index in [4.69, 9.17) is 0 Å². The summed E-state index contributed by atoms with van der Waals surface area (Å²) in [5, 5.41) is 3.56. The van der Waals surface area contributed by atoms with Crippen LogP contribution in [0.1, 0.15) is 30.5 Å². The summed E-state index contributed by atoms with van der Waals surface area (Å²) in [5.74, 6) is -0.333. The highest BCUT2D eigenvalue weighted by atomic mass is 19.1. The second-order valence-electron chi connectivity index (χ2n) is 7.62. The van der Waals surface area contributed by atoms with E-state index in [1.807, 2.05) is 0 Å². The van der Waals surface area contributed by atoms with E-state index in [-0.39, 0.29) is 5.82 Å². The van der Waals surface area contributed by atoms with Gasteiger partial charge in [0, 0.05) is 24.8 Å². The van der Waals surface area contributed by atoms with Crippen LogP contribution in [0.2, 0.25) is 0 Å². The van der Waals surface area contributed by atoms with E-state index in [0.29, 0.717) is 17.1 Å². The Morgan fingerprint density at radius 1 is 1.07 bits per heavy atom. The quantitative estimate of drug-likeness (QED) is 0.739. The molecule has 1 aromatic heterocycles. The van der Waals surface area contributed by atoms with Gasteiger partial charge in [-0.25, -0.2) is 14.4 Å². The van der Waals surface area contributed by atoms with E-state index in [1.54, 1.807) is 18.3 Å². The standard InChI is InChI=1S/C23H23FN4/c24-19-4-3-5-21-23(19)25-15-22(27-21)20-11-8-17(26-20)14-16-6-9-18(10-7-16)28-12-1-2-13-28/h3-7,9-11,15,17,26H,1-2,8,12-14H2. The zero-order chi connectivity index (χ0) is 18.9. The Balaban J connectivity index is 1.25. The predicted molar refractivity (Wildman–Crippen MR) is 111 cm³/mol. The van der Waals surface area contributed by atoms with Crippen LogP contribution in [-0.2, 0) is 6.42 Å². The van der Waals surface area contributed by atoms with Gasteiger partial charge in [0.25, 0.3) is 0 Å². The van der Waals surface area contributed by atoms with Crippen molar-refractivity contribution in [2.75, 3.05) is 18.0 Å². The van der Waals surface area contributed by atoms with Crippen LogP contribution in [0.15, 0.2) is 54.7 Å². The Hall–Kier alpha value is -2.95. The Labute approximate surface area is 164 Å². The van der Waals surface area contributed by atoms with E-state index >= 15 is 0 Å². The molecule has 0 aliphatic carbocycles. The summed E-state index contributed by atoms with van der Waals surface area (Å²) in [6, 6.07) is 14.2. The van der Waals surface area contributed by atoms with E-state index in [9.17, 15) is 4.39 Å². The lowest BCUT2D eigenvalue weighted by Gasteiger charge is -2.18. The van der Waals surface area contributed by atoms with E-state index in [0.717, 1.165) is 24.2 Å². The van der Waals surface area contributed by atoms with Crippen LogP contribution in [-0.4, -0.2) is 29.1 Å². The number of nitrogens with zero attached hydrogens (tertiary/aromatic N) is 3. The van der Waals surface area contributed by atoms with Crippen molar-refractivity contribution in [1.29, 1.82) is 0 Å². The molecule has 3 heterocycles. The lowest BCUT2D eigenvalue weighted by Crippen LogP contribution is -2.25. The molecule has 0 amide bonds. The number of hydrogen-bond donors (Lipinski definition) is 1. The molecular formula is C23H23FN4. The van der Waals surface area contributed by atoms with Crippen molar-refractivity contribution in [3.8, 4) is 0 Å². The van der Waals surface area contributed by atoms with Gasteiger partial charge in [-0.05, 0) is 55.5 Å². The first kappa shape index (κ1) is 17.2. The molecule has 1 fully saturated rings. The van der Waals surface area contributed by atoms with Gasteiger partial charge in [-0.1, -0.05) is 24.3 Å². The number of nitrogens with one attached hydrogen (secondary N) is 1. The molecule has 1 atom stereocenters. The van der Waals surface area contributed by atoms with Gasteiger partial charge >= 0.3 is 0 Å². The first-order chi connectivity index (χ1) is 13.8. The van der Waals surface area contributed by atoms with E-state index in [2.05, 4.69) is 50.5 Å². The monoisotopic (exact) mass is 374 g/mol. The van der Waals surface area contributed by atoms with Gasteiger partial charge in [0.1, 0.15) is 11.2 Å². The lowest BCUT2D eigenvalue weighted by atomic mass is 10.0. The molecule has 5 rings (SSSR count). The minimum Gasteiger partial charge on any atom is -0.380 e. The highest BCUT2D eigenvalue weighted by molar-refractivity contribution is 5.77. The zero-order valence-corrected chi connectivity index (χ0v) is 15.7. The summed E-state index contributed by atoms with van der Waals surface area (Å²) in [6.07, 6.45) is 8.33. The molecule has 1 unspecified atom stereocenters. The molecule has 1 saturated heterocycles. The zero-order valence-electron chi connectivity index (χ0n) is 15.7. The van der Waals surface area contributed by atoms with Crippen molar-refractivity contribution < 1.29 is 4.39 Å². The van der Waals surface area contributed by atoms with Gasteiger partial charge in [0.05, 0.1) is 17.4 Å². The largest absolute Gasteiger partial charge is 0.380 e. The number of para-hydroxylation sites is 1. The van der Waals surface area contributed by atoms with Gasteiger partial charge in [-0.2, -0.15) is 0 Å². The summed E-state index contributed by atoms with van der Waals surface area (Å²) in [5.41, 5.74) is 5.32. The normalized spacial score (nSPS) is 19.1. The Kier molecular flexibility index (Phi) is 4.43. The number of benzene rings is 2. The average molecular weight is 374 g/mol. The molecular weight excluding hydrogens is 351 g/mol. The smallest absolute Gasteiger partial charge is 0.151 e. The topological polar surface area (TPSA) is 41.1 Å². The summed E-state index contributed by atoms with van der Waals surface area (Å²) in [6.45, 7) is 2.35. The molecule has 0 spiro atoms. The minimum absolute atomic E-state index is 0.319. The van der Waals surface area contributed by atoms with Crippen LogP contribution in [0.3, 0.4) is 0 Å².